The van der Waals surface area contributed by atoms with Crippen molar-refractivity contribution in [3.05, 3.63) is 82.0 Å². The molecule has 1 aromatic carbocycles. The average molecular weight is 665 g/mol. The van der Waals surface area contributed by atoms with Crippen LogP contribution in [0.1, 0.15) is 64.3 Å². The number of carboxylic acid groups (broad SMARTS) is 1. The van der Waals surface area contributed by atoms with Gasteiger partial charge in [-0.1, -0.05) is 12.1 Å². The van der Waals surface area contributed by atoms with Crippen molar-refractivity contribution in [1.82, 2.24) is 19.7 Å². The molecule has 8 nitrogen and oxygen atoms in total. The number of thiophene rings is 1. The van der Waals surface area contributed by atoms with Crippen LogP contribution >= 0.6 is 11.3 Å². The van der Waals surface area contributed by atoms with Gasteiger partial charge in [-0.3, -0.25) is 4.79 Å². The Morgan fingerprint density at radius 1 is 0.978 bits per heavy atom. The van der Waals surface area contributed by atoms with Crippen molar-refractivity contribution in [2.45, 2.75) is 50.6 Å². The second-order valence-corrected chi connectivity index (χ2v) is 12.1. The van der Waals surface area contributed by atoms with Gasteiger partial charge in [0.25, 0.3) is 0 Å². The van der Waals surface area contributed by atoms with Crippen LogP contribution in [0.2, 0.25) is 0 Å². The molecule has 0 atom stereocenters. The summed E-state index contributed by atoms with van der Waals surface area (Å²) in [4.78, 5) is 30.2. The number of pyridine rings is 1. The lowest BCUT2D eigenvalue weighted by atomic mass is 9.88. The summed E-state index contributed by atoms with van der Waals surface area (Å²) in [6.07, 6.45) is -6.21. The highest BCUT2D eigenvalue weighted by Crippen LogP contribution is 2.41. The molecule has 242 valence electrons. The van der Waals surface area contributed by atoms with E-state index in [4.69, 9.17) is 4.74 Å². The van der Waals surface area contributed by atoms with Crippen molar-refractivity contribution in [3.63, 3.8) is 0 Å². The molecule has 0 bridgehead atoms. The van der Waals surface area contributed by atoms with Crippen molar-refractivity contribution in [2.75, 3.05) is 13.1 Å². The highest BCUT2D eigenvalue weighted by molar-refractivity contribution is 7.13. The molecule has 1 amide bonds. The molecule has 4 aromatic rings. The maximum absolute atomic E-state index is 14.2. The summed E-state index contributed by atoms with van der Waals surface area (Å²) in [6, 6.07) is 9.77. The van der Waals surface area contributed by atoms with Gasteiger partial charge in [0.15, 0.2) is 11.5 Å². The average Bonchev–Trinajstić information content (AvgIpc) is 3.57. The number of rotatable bonds is 8. The summed E-state index contributed by atoms with van der Waals surface area (Å²) in [5.74, 6) is -2.37. The Hall–Kier alpha value is -4.40. The summed E-state index contributed by atoms with van der Waals surface area (Å²) in [6.45, 7) is 0.733. The fraction of sp³-hybridized carbons (Fsp3) is 0.355. The molecular formula is C31H26F6N4O4S. The minimum Gasteiger partial charge on any atom is -0.488 e. The van der Waals surface area contributed by atoms with Gasteiger partial charge < -0.3 is 14.7 Å². The van der Waals surface area contributed by atoms with Crippen LogP contribution < -0.4 is 4.74 Å². The third kappa shape index (κ3) is 6.46. The van der Waals surface area contributed by atoms with E-state index >= 15 is 0 Å². The molecule has 1 saturated heterocycles. The lowest BCUT2D eigenvalue weighted by Crippen LogP contribution is -2.38. The molecule has 6 rings (SSSR count). The van der Waals surface area contributed by atoms with Crippen LogP contribution in [0.3, 0.4) is 0 Å². The van der Waals surface area contributed by atoms with Gasteiger partial charge in [0.2, 0.25) is 5.91 Å². The van der Waals surface area contributed by atoms with E-state index in [0.717, 1.165) is 30.2 Å². The lowest BCUT2D eigenvalue weighted by molar-refractivity contribution is -0.143. The Kier molecular flexibility index (Phi) is 8.29. The number of aromatic carboxylic acids is 1. The third-order valence-electron chi connectivity index (χ3n) is 8.10. The molecular weight excluding hydrogens is 638 g/mol. The maximum atomic E-state index is 14.2. The Labute approximate surface area is 262 Å². The Balaban J connectivity index is 1.21. The SMILES string of the molecule is O=C(O)c1cnn(-c2cccc(-c3sccc3COc3ccc(C4CCN(C(=O)C5CC5)CC4)cc3C(F)(F)F)n2)c1C(F)(F)F. The number of likely N-dealkylation sites (tertiary alicyclic amines) is 1. The van der Waals surface area contributed by atoms with Gasteiger partial charge in [0, 0.05) is 24.6 Å². The number of aromatic nitrogens is 3. The zero-order valence-corrected chi connectivity index (χ0v) is 24.8. The number of carboxylic acids is 1. The predicted octanol–water partition coefficient (Wildman–Crippen LogP) is 7.43. The van der Waals surface area contributed by atoms with E-state index in [1.807, 2.05) is 0 Å². The molecule has 4 heterocycles. The Morgan fingerprint density at radius 2 is 1.72 bits per heavy atom. The van der Waals surface area contributed by atoms with E-state index in [1.54, 1.807) is 22.4 Å². The van der Waals surface area contributed by atoms with Crippen molar-refractivity contribution in [2.24, 2.45) is 5.92 Å². The summed E-state index contributed by atoms with van der Waals surface area (Å²) < 4.78 is 89.8. The molecule has 1 N–H and O–H groups in total. The first-order chi connectivity index (χ1) is 21.8. The van der Waals surface area contributed by atoms with Crippen LogP contribution in [0.25, 0.3) is 16.4 Å². The summed E-state index contributed by atoms with van der Waals surface area (Å²) in [7, 11) is 0. The number of benzene rings is 1. The molecule has 0 spiro atoms. The van der Waals surface area contributed by atoms with Crippen LogP contribution in [-0.4, -0.2) is 49.7 Å². The van der Waals surface area contributed by atoms with Crippen LogP contribution in [0.5, 0.6) is 5.75 Å². The Bertz CT molecular complexity index is 1770. The van der Waals surface area contributed by atoms with E-state index in [2.05, 4.69) is 10.1 Å². The fourth-order valence-electron chi connectivity index (χ4n) is 5.62. The predicted molar refractivity (Wildman–Crippen MR) is 154 cm³/mol. The van der Waals surface area contributed by atoms with Crippen molar-refractivity contribution in [1.29, 1.82) is 0 Å². The molecule has 46 heavy (non-hydrogen) atoms. The second kappa shape index (κ2) is 12.1. The third-order valence-corrected chi connectivity index (χ3v) is 9.07. The van der Waals surface area contributed by atoms with E-state index in [0.29, 0.717) is 52.8 Å². The highest BCUT2D eigenvalue weighted by atomic mass is 32.1. The standard InChI is InChI=1S/C31H26F6N4O4S/c32-30(33,34)22-14-19(17-8-11-40(12-9-17)28(42)18-4-5-18)6-7-24(22)45-16-20-10-13-46-26(20)23-2-1-3-25(39-23)41-27(31(35,36)37)21(15-38-41)29(43)44/h1-3,6-7,10,13-15,17-18H,4-5,8-9,11-12,16H2,(H,43,44). The highest BCUT2D eigenvalue weighted by Gasteiger charge is 2.41. The van der Waals surface area contributed by atoms with E-state index in [9.17, 15) is 41.0 Å². The number of nitrogens with zero attached hydrogens (tertiary/aromatic N) is 4. The van der Waals surface area contributed by atoms with Crippen LogP contribution in [0.15, 0.2) is 54.0 Å². The monoisotopic (exact) mass is 664 g/mol. The second-order valence-electron chi connectivity index (χ2n) is 11.2. The molecule has 0 radical (unpaired) electrons. The van der Waals surface area contributed by atoms with Crippen molar-refractivity contribution >= 4 is 23.2 Å². The van der Waals surface area contributed by atoms with E-state index in [-0.39, 0.29) is 41.6 Å². The molecule has 2 aliphatic rings. The molecule has 1 aliphatic heterocycles. The summed E-state index contributed by atoms with van der Waals surface area (Å²) >= 11 is 1.16. The minimum atomic E-state index is -5.04. The maximum Gasteiger partial charge on any atom is 0.434 e. The number of ether oxygens (including phenoxy) is 1. The molecule has 1 saturated carbocycles. The van der Waals surface area contributed by atoms with Gasteiger partial charge in [-0.2, -0.15) is 31.4 Å². The van der Waals surface area contributed by atoms with Gasteiger partial charge in [-0.25, -0.2) is 14.5 Å². The number of piperidine rings is 1. The number of hydrogen-bond acceptors (Lipinski definition) is 6. The molecule has 1 aliphatic carbocycles. The molecule has 0 unspecified atom stereocenters. The summed E-state index contributed by atoms with van der Waals surface area (Å²) in [5.41, 5.74) is -2.29. The van der Waals surface area contributed by atoms with Gasteiger partial charge in [-0.15, -0.1) is 11.3 Å². The molecule has 15 heteroatoms. The van der Waals surface area contributed by atoms with Crippen molar-refractivity contribution < 1.29 is 45.8 Å². The van der Waals surface area contributed by atoms with Gasteiger partial charge >= 0.3 is 18.3 Å². The largest absolute Gasteiger partial charge is 0.488 e. The molecule has 3 aromatic heterocycles. The van der Waals surface area contributed by atoms with E-state index in [1.165, 1.54) is 24.3 Å². The van der Waals surface area contributed by atoms with Crippen molar-refractivity contribution in [3.8, 4) is 22.1 Å². The number of alkyl halides is 6. The summed E-state index contributed by atoms with van der Waals surface area (Å²) in [5, 5.41) is 14.5. The van der Waals surface area contributed by atoms with Crippen LogP contribution in [-0.2, 0) is 23.8 Å². The van der Waals surface area contributed by atoms with Gasteiger partial charge in [-0.05, 0) is 72.9 Å². The quantitative estimate of drug-likeness (QED) is 0.197. The first-order valence-corrected chi connectivity index (χ1v) is 15.2. The normalized spacial score (nSPS) is 16.1. The smallest absolute Gasteiger partial charge is 0.434 e. The Morgan fingerprint density at radius 3 is 2.37 bits per heavy atom. The van der Waals surface area contributed by atoms with Crippen LogP contribution in [0, 0.1) is 5.92 Å². The molecule has 2 fully saturated rings. The van der Waals surface area contributed by atoms with Gasteiger partial charge in [0.05, 0.1) is 22.3 Å². The number of hydrogen-bond donors (Lipinski definition) is 1. The first-order valence-electron chi connectivity index (χ1n) is 14.4. The minimum absolute atomic E-state index is 0.0962. The fourth-order valence-corrected chi connectivity index (χ4v) is 6.50. The number of halogens is 6. The number of carbonyl (C=O) groups is 2. The zero-order chi connectivity index (χ0) is 32.8. The van der Waals surface area contributed by atoms with Crippen LogP contribution in [0.4, 0.5) is 26.3 Å². The lowest BCUT2D eigenvalue weighted by Gasteiger charge is -2.32. The zero-order valence-electron chi connectivity index (χ0n) is 23.9. The number of amides is 1. The van der Waals surface area contributed by atoms with Gasteiger partial charge in [0.1, 0.15) is 17.9 Å². The first kappa shape index (κ1) is 31.6. The van der Waals surface area contributed by atoms with E-state index < -0.39 is 35.1 Å². The number of carbonyl (C=O) groups excluding carboxylic acids is 1. The topological polar surface area (TPSA) is 97.5 Å².